The Morgan fingerprint density at radius 3 is 1.78 bits per heavy atom. The topological polar surface area (TPSA) is 35.5 Å². The van der Waals surface area contributed by atoms with E-state index in [1.54, 1.807) is 13.2 Å². The summed E-state index contributed by atoms with van der Waals surface area (Å²) in [5, 5.41) is 3.46. The van der Waals surface area contributed by atoms with Gasteiger partial charge in [-0.05, 0) is 42.0 Å². The third kappa shape index (κ3) is 4.30. The van der Waals surface area contributed by atoms with Crippen molar-refractivity contribution < 1.29 is 14.3 Å². The maximum atomic E-state index is 13.1. The highest BCUT2D eigenvalue weighted by Gasteiger charge is 2.43. The number of ether oxygens (including phenoxy) is 2. The molecule has 0 aromatic heterocycles. The van der Waals surface area contributed by atoms with Gasteiger partial charge in [-0.2, -0.15) is 0 Å². The average Bonchev–Trinajstić information content (AvgIpc) is 2.88. The zero-order valence-corrected chi connectivity index (χ0v) is 19.2. The highest BCUT2D eigenvalue weighted by molar-refractivity contribution is 7.95. The van der Waals surface area contributed by atoms with Crippen molar-refractivity contribution in [1.29, 1.82) is 0 Å². The van der Waals surface area contributed by atoms with Crippen LogP contribution < -0.4 is 20.7 Å². The van der Waals surface area contributed by atoms with E-state index in [0.29, 0.717) is 11.3 Å². The molecule has 0 radical (unpaired) electrons. The first-order valence-electron chi connectivity index (χ1n) is 10.5. The monoisotopic (exact) mass is 441 g/mol. The molecule has 0 bridgehead atoms. The first kappa shape index (κ1) is 21.8. The summed E-state index contributed by atoms with van der Waals surface area (Å²) in [5.41, 5.74) is 1.39. The van der Waals surface area contributed by atoms with Crippen LogP contribution in [0.5, 0.6) is 5.75 Å². The fourth-order valence-electron chi connectivity index (χ4n) is 3.93. The lowest BCUT2D eigenvalue weighted by molar-refractivity contribution is 0.0469. The average molecular weight is 441 g/mol. The maximum Gasteiger partial charge on any atom is 0.342 e. The first-order valence-corrected chi connectivity index (χ1v) is 12.7. The Hall–Kier alpha value is -3.42. The van der Waals surface area contributed by atoms with Gasteiger partial charge < -0.3 is 9.47 Å². The SMILES string of the molecule is COc1c(C(=O)OCc2ccccc2)cccc1[P+](C)(c1ccccc1)c1ccccc1. The Bertz CT molecular complexity index is 1140. The van der Waals surface area contributed by atoms with Crippen LogP contribution in [-0.4, -0.2) is 19.7 Å². The Kier molecular flexibility index (Phi) is 6.68. The van der Waals surface area contributed by atoms with E-state index >= 15 is 0 Å². The van der Waals surface area contributed by atoms with Crippen LogP contribution in [0.2, 0.25) is 0 Å². The molecule has 4 heteroatoms. The lowest BCUT2D eigenvalue weighted by Crippen LogP contribution is -2.32. The Morgan fingerprint density at radius 1 is 0.719 bits per heavy atom. The van der Waals surface area contributed by atoms with Gasteiger partial charge in [0.25, 0.3) is 0 Å². The van der Waals surface area contributed by atoms with Gasteiger partial charge in [0.2, 0.25) is 0 Å². The molecule has 4 aromatic carbocycles. The van der Waals surface area contributed by atoms with Crippen LogP contribution in [0.15, 0.2) is 109 Å². The van der Waals surface area contributed by atoms with Gasteiger partial charge in [-0.15, -0.1) is 0 Å². The van der Waals surface area contributed by atoms with Crippen molar-refractivity contribution in [2.75, 3.05) is 13.8 Å². The third-order valence-corrected chi connectivity index (χ3v) is 9.64. The number of hydrogen-bond acceptors (Lipinski definition) is 3. The first-order chi connectivity index (χ1) is 15.6. The van der Waals surface area contributed by atoms with E-state index in [-0.39, 0.29) is 12.6 Å². The van der Waals surface area contributed by atoms with Crippen LogP contribution in [0.4, 0.5) is 0 Å². The minimum absolute atomic E-state index is 0.219. The van der Waals surface area contributed by atoms with Crippen molar-refractivity contribution in [1.82, 2.24) is 0 Å². The number of carbonyl (C=O) groups is 1. The number of benzene rings is 4. The molecule has 4 aromatic rings. The van der Waals surface area contributed by atoms with Gasteiger partial charge in [0.1, 0.15) is 35.3 Å². The van der Waals surface area contributed by atoms with Crippen LogP contribution in [0.3, 0.4) is 0 Å². The molecular weight excluding hydrogens is 415 g/mol. The van der Waals surface area contributed by atoms with E-state index in [1.165, 1.54) is 10.6 Å². The second-order valence-corrected chi connectivity index (χ2v) is 11.1. The highest BCUT2D eigenvalue weighted by atomic mass is 31.2. The summed E-state index contributed by atoms with van der Waals surface area (Å²) >= 11 is 0. The van der Waals surface area contributed by atoms with Crippen LogP contribution in [-0.2, 0) is 11.3 Å². The Morgan fingerprint density at radius 2 is 1.25 bits per heavy atom. The minimum atomic E-state index is -2.06. The number of rotatable bonds is 7. The summed E-state index contributed by atoms with van der Waals surface area (Å²) in [6.45, 7) is 2.49. The molecule has 0 aliphatic carbocycles. The van der Waals surface area contributed by atoms with Crippen LogP contribution in [0, 0.1) is 0 Å². The van der Waals surface area contributed by atoms with Gasteiger partial charge in [0.05, 0.1) is 13.8 Å². The third-order valence-electron chi connectivity index (χ3n) is 5.66. The van der Waals surface area contributed by atoms with Crippen molar-refractivity contribution in [3.8, 4) is 5.75 Å². The normalized spacial score (nSPS) is 11.1. The van der Waals surface area contributed by atoms with E-state index in [9.17, 15) is 4.79 Å². The van der Waals surface area contributed by atoms with Gasteiger partial charge in [0.15, 0.2) is 5.75 Å². The molecule has 0 aliphatic heterocycles. The molecule has 0 atom stereocenters. The summed E-state index contributed by atoms with van der Waals surface area (Å²) in [4.78, 5) is 13.1. The quantitative estimate of drug-likeness (QED) is 0.300. The molecule has 0 heterocycles. The van der Waals surface area contributed by atoms with E-state index < -0.39 is 7.26 Å². The summed E-state index contributed by atoms with van der Waals surface area (Å²) < 4.78 is 11.5. The Labute approximate surface area is 190 Å². The highest BCUT2D eigenvalue weighted by Crippen LogP contribution is 2.54. The molecule has 4 rings (SSSR count). The minimum Gasteiger partial charge on any atom is -0.492 e. The van der Waals surface area contributed by atoms with Crippen LogP contribution >= 0.6 is 7.26 Å². The smallest absolute Gasteiger partial charge is 0.342 e. The lowest BCUT2D eigenvalue weighted by Gasteiger charge is -2.25. The summed E-state index contributed by atoms with van der Waals surface area (Å²) in [7, 11) is -0.439. The molecule has 0 amide bonds. The summed E-state index contributed by atoms with van der Waals surface area (Å²) in [6, 6.07) is 36.3. The van der Waals surface area contributed by atoms with Crippen molar-refractivity contribution >= 4 is 29.1 Å². The number of methoxy groups -OCH3 is 1. The largest absolute Gasteiger partial charge is 0.492 e. The Balaban J connectivity index is 1.79. The molecule has 0 saturated carbocycles. The van der Waals surface area contributed by atoms with Crippen molar-refractivity contribution in [3.05, 3.63) is 120 Å². The second kappa shape index (κ2) is 9.80. The van der Waals surface area contributed by atoms with Crippen LogP contribution in [0.1, 0.15) is 15.9 Å². The molecular formula is C28H26O3P+. The van der Waals surface area contributed by atoms with E-state index in [0.717, 1.165) is 10.9 Å². The summed E-state index contributed by atoms with van der Waals surface area (Å²) in [5.74, 6) is 0.189. The van der Waals surface area contributed by atoms with Crippen molar-refractivity contribution in [2.24, 2.45) is 0 Å². The predicted octanol–water partition coefficient (Wildman–Crippen LogP) is 4.98. The predicted molar refractivity (Wildman–Crippen MR) is 133 cm³/mol. The van der Waals surface area contributed by atoms with E-state index in [4.69, 9.17) is 9.47 Å². The fraction of sp³-hybridized carbons (Fsp3) is 0.107. The lowest BCUT2D eigenvalue weighted by atomic mass is 10.2. The molecule has 0 N–H and O–H groups in total. The molecule has 160 valence electrons. The molecule has 0 unspecified atom stereocenters. The van der Waals surface area contributed by atoms with E-state index in [2.05, 4.69) is 61.3 Å². The molecule has 0 aliphatic rings. The molecule has 0 fully saturated rings. The maximum absolute atomic E-state index is 13.1. The molecule has 0 saturated heterocycles. The second-order valence-electron chi connectivity index (χ2n) is 7.60. The van der Waals surface area contributed by atoms with E-state index in [1.807, 2.05) is 48.5 Å². The zero-order chi connectivity index (χ0) is 22.4. The van der Waals surface area contributed by atoms with Gasteiger partial charge in [-0.1, -0.05) is 72.8 Å². The number of esters is 1. The van der Waals surface area contributed by atoms with Gasteiger partial charge in [-0.25, -0.2) is 4.79 Å². The number of hydrogen-bond donors (Lipinski definition) is 0. The standard InChI is InChI=1S/C28H26O3P/c1-30-27-25(28(29)31-21-22-13-6-3-7-14-22)19-12-20-26(27)32(2,23-15-8-4-9-16-23)24-17-10-5-11-18-24/h3-20H,21H2,1-2H3/q+1. The summed E-state index contributed by atoms with van der Waals surface area (Å²) in [6.07, 6.45) is 0. The molecule has 0 spiro atoms. The fourth-order valence-corrected chi connectivity index (χ4v) is 7.33. The van der Waals surface area contributed by atoms with Crippen LogP contribution in [0.25, 0.3) is 0 Å². The van der Waals surface area contributed by atoms with Gasteiger partial charge in [-0.3, -0.25) is 0 Å². The number of carbonyl (C=O) groups excluding carboxylic acids is 1. The van der Waals surface area contributed by atoms with Crippen molar-refractivity contribution in [3.63, 3.8) is 0 Å². The zero-order valence-electron chi connectivity index (χ0n) is 18.3. The molecule has 3 nitrogen and oxygen atoms in total. The van der Waals surface area contributed by atoms with Gasteiger partial charge >= 0.3 is 5.97 Å². The van der Waals surface area contributed by atoms with Gasteiger partial charge in [0, 0.05) is 0 Å². The van der Waals surface area contributed by atoms with Crippen molar-refractivity contribution in [2.45, 2.75) is 6.61 Å². The molecule has 32 heavy (non-hydrogen) atoms. The number of para-hydroxylation sites is 1.